The monoisotopic (exact) mass is 286 g/mol. The van der Waals surface area contributed by atoms with E-state index in [1.807, 2.05) is 45.0 Å². The minimum absolute atomic E-state index is 0.0702. The molecule has 1 unspecified atom stereocenters. The molecule has 1 amide bonds. The van der Waals surface area contributed by atoms with Crippen LogP contribution in [-0.4, -0.2) is 13.0 Å². The number of carbonyl (C=O) groups is 1. The van der Waals surface area contributed by atoms with Crippen LogP contribution in [0.2, 0.25) is 0 Å². The van der Waals surface area contributed by atoms with E-state index >= 15 is 0 Å². The zero-order valence-electron chi connectivity index (χ0n) is 13.2. The number of carbonyl (C=O) groups excluding carboxylic acids is 1. The summed E-state index contributed by atoms with van der Waals surface area (Å²) in [6.07, 6.45) is 0. The van der Waals surface area contributed by atoms with Gasteiger partial charge in [-0.2, -0.15) is 0 Å². The molecule has 1 aromatic carbocycles. The molecule has 0 saturated carbocycles. The van der Waals surface area contributed by atoms with E-state index < -0.39 is 0 Å². The van der Waals surface area contributed by atoms with Crippen molar-refractivity contribution in [1.29, 1.82) is 0 Å². The molecule has 0 saturated heterocycles. The molecule has 2 N–H and O–H groups in total. The van der Waals surface area contributed by atoms with Gasteiger partial charge < -0.3 is 15.1 Å². The average Bonchev–Trinajstić information content (AvgIpc) is 2.79. The molecular formula is C17H22N2O2. The number of furan rings is 1. The fourth-order valence-electron chi connectivity index (χ4n) is 2.56. The van der Waals surface area contributed by atoms with Crippen molar-refractivity contribution in [2.75, 3.05) is 12.4 Å². The summed E-state index contributed by atoms with van der Waals surface area (Å²) in [6, 6.07) is 7.86. The van der Waals surface area contributed by atoms with Gasteiger partial charge in [0.2, 0.25) is 0 Å². The number of hydrogen-bond donors (Lipinski definition) is 2. The molecule has 2 aromatic rings. The zero-order chi connectivity index (χ0) is 15.6. The van der Waals surface area contributed by atoms with Crippen LogP contribution in [0.15, 0.2) is 28.7 Å². The molecule has 0 bridgehead atoms. The maximum Gasteiger partial charge on any atom is 0.251 e. The van der Waals surface area contributed by atoms with Crippen molar-refractivity contribution in [3.8, 4) is 0 Å². The Morgan fingerprint density at radius 1 is 1.24 bits per heavy atom. The topological polar surface area (TPSA) is 54.3 Å². The molecule has 0 aliphatic rings. The second-order valence-electron chi connectivity index (χ2n) is 5.29. The first kappa shape index (κ1) is 15.2. The zero-order valence-corrected chi connectivity index (χ0v) is 13.2. The summed E-state index contributed by atoms with van der Waals surface area (Å²) < 4.78 is 5.58. The number of rotatable bonds is 4. The van der Waals surface area contributed by atoms with Gasteiger partial charge in [0.15, 0.2) is 0 Å². The Morgan fingerprint density at radius 3 is 2.52 bits per heavy atom. The van der Waals surface area contributed by atoms with Gasteiger partial charge in [0.25, 0.3) is 5.91 Å². The molecule has 1 atom stereocenters. The predicted octanol–water partition coefficient (Wildman–Crippen LogP) is 3.74. The standard InChI is InChI=1S/C17H22N2O2/c1-10-9-15(13(4)21-10)12(3)19-16-8-6-7-14(11(16)2)17(20)18-5/h6-9,12,19H,1-5H3,(H,18,20). The summed E-state index contributed by atoms with van der Waals surface area (Å²) in [5.74, 6) is 1.76. The second-order valence-corrected chi connectivity index (χ2v) is 5.29. The molecule has 0 fully saturated rings. The van der Waals surface area contributed by atoms with Crippen molar-refractivity contribution in [2.45, 2.75) is 33.7 Å². The highest BCUT2D eigenvalue weighted by atomic mass is 16.3. The first-order chi connectivity index (χ1) is 9.93. The van der Waals surface area contributed by atoms with E-state index in [1.165, 1.54) is 0 Å². The van der Waals surface area contributed by atoms with E-state index in [9.17, 15) is 4.79 Å². The van der Waals surface area contributed by atoms with Crippen LogP contribution in [0, 0.1) is 20.8 Å². The maximum atomic E-state index is 11.8. The van der Waals surface area contributed by atoms with E-state index in [4.69, 9.17) is 4.42 Å². The minimum Gasteiger partial charge on any atom is -0.466 e. The summed E-state index contributed by atoms with van der Waals surface area (Å²) in [6.45, 7) is 7.95. The number of benzene rings is 1. The van der Waals surface area contributed by atoms with E-state index in [2.05, 4.69) is 17.6 Å². The lowest BCUT2D eigenvalue weighted by Gasteiger charge is -2.18. The number of amides is 1. The van der Waals surface area contributed by atoms with Crippen LogP contribution in [0.25, 0.3) is 0 Å². The Hall–Kier alpha value is -2.23. The highest BCUT2D eigenvalue weighted by molar-refractivity contribution is 5.96. The average molecular weight is 286 g/mol. The van der Waals surface area contributed by atoms with Crippen molar-refractivity contribution in [3.05, 3.63) is 52.5 Å². The summed E-state index contributed by atoms with van der Waals surface area (Å²) in [5.41, 5.74) is 3.73. The van der Waals surface area contributed by atoms with E-state index in [0.717, 1.165) is 28.3 Å². The molecule has 0 aliphatic carbocycles. The summed E-state index contributed by atoms with van der Waals surface area (Å²) >= 11 is 0. The van der Waals surface area contributed by atoms with Gasteiger partial charge in [0.1, 0.15) is 11.5 Å². The van der Waals surface area contributed by atoms with Crippen molar-refractivity contribution in [3.63, 3.8) is 0 Å². The number of nitrogens with one attached hydrogen (secondary N) is 2. The van der Waals surface area contributed by atoms with Crippen LogP contribution < -0.4 is 10.6 Å². The van der Waals surface area contributed by atoms with Gasteiger partial charge in [-0.1, -0.05) is 6.07 Å². The number of hydrogen-bond acceptors (Lipinski definition) is 3. The smallest absolute Gasteiger partial charge is 0.251 e. The lowest BCUT2D eigenvalue weighted by molar-refractivity contribution is 0.0962. The van der Waals surface area contributed by atoms with Crippen LogP contribution in [0.3, 0.4) is 0 Å². The minimum atomic E-state index is -0.0702. The fraction of sp³-hybridized carbons (Fsp3) is 0.353. The lowest BCUT2D eigenvalue weighted by atomic mass is 10.0. The molecule has 0 aliphatic heterocycles. The molecule has 4 nitrogen and oxygen atoms in total. The Bertz CT molecular complexity index is 659. The predicted molar refractivity (Wildman–Crippen MR) is 84.8 cm³/mol. The summed E-state index contributed by atoms with van der Waals surface area (Å²) in [4.78, 5) is 11.8. The third-order valence-corrected chi connectivity index (χ3v) is 3.72. The molecule has 4 heteroatoms. The number of aryl methyl sites for hydroxylation is 2. The van der Waals surface area contributed by atoms with Gasteiger partial charge in [0, 0.05) is 23.9 Å². The van der Waals surface area contributed by atoms with Crippen LogP contribution in [0.1, 0.15) is 46.0 Å². The summed E-state index contributed by atoms with van der Waals surface area (Å²) in [5, 5.41) is 6.13. The highest BCUT2D eigenvalue weighted by Crippen LogP contribution is 2.27. The molecule has 0 radical (unpaired) electrons. The van der Waals surface area contributed by atoms with Crippen molar-refractivity contribution in [2.24, 2.45) is 0 Å². The largest absolute Gasteiger partial charge is 0.466 e. The molecular weight excluding hydrogens is 264 g/mol. The molecule has 112 valence electrons. The Morgan fingerprint density at radius 2 is 1.95 bits per heavy atom. The highest BCUT2D eigenvalue weighted by Gasteiger charge is 2.15. The number of anilines is 1. The van der Waals surface area contributed by atoms with Crippen LogP contribution >= 0.6 is 0 Å². The summed E-state index contributed by atoms with van der Waals surface area (Å²) in [7, 11) is 1.64. The molecule has 21 heavy (non-hydrogen) atoms. The fourth-order valence-corrected chi connectivity index (χ4v) is 2.56. The van der Waals surface area contributed by atoms with Crippen molar-refractivity contribution in [1.82, 2.24) is 5.32 Å². The quantitative estimate of drug-likeness (QED) is 0.900. The third kappa shape index (κ3) is 3.10. The van der Waals surface area contributed by atoms with Gasteiger partial charge >= 0.3 is 0 Å². The lowest BCUT2D eigenvalue weighted by Crippen LogP contribution is -2.19. The first-order valence-corrected chi connectivity index (χ1v) is 7.09. The van der Waals surface area contributed by atoms with E-state index in [0.29, 0.717) is 5.56 Å². The van der Waals surface area contributed by atoms with Gasteiger partial charge in [-0.15, -0.1) is 0 Å². The Balaban J connectivity index is 2.27. The van der Waals surface area contributed by atoms with Crippen LogP contribution in [0.4, 0.5) is 5.69 Å². The first-order valence-electron chi connectivity index (χ1n) is 7.09. The van der Waals surface area contributed by atoms with Gasteiger partial charge in [-0.3, -0.25) is 4.79 Å². The SMILES string of the molecule is CNC(=O)c1cccc(NC(C)c2cc(C)oc2C)c1C. The van der Waals surface area contributed by atoms with E-state index in [1.54, 1.807) is 7.05 Å². The molecule has 0 spiro atoms. The van der Waals surface area contributed by atoms with Gasteiger partial charge in [-0.25, -0.2) is 0 Å². The van der Waals surface area contributed by atoms with Crippen LogP contribution in [0.5, 0.6) is 0 Å². The normalized spacial score (nSPS) is 12.0. The second kappa shape index (κ2) is 6.04. The maximum absolute atomic E-state index is 11.8. The third-order valence-electron chi connectivity index (χ3n) is 3.72. The van der Waals surface area contributed by atoms with E-state index in [-0.39, 0.29) is 11.9 Å². The van der Waals surface area contributed by atoms with Crippen molar-refractivity contribution >= 4 is 11.6 Å². The molecule has 2 rings (SSSR count). The van der Waals surface area contributed by atoms with Crippen molar-refractivity contribution < 1.29 is 9.21 Å². The van der Waals surface area contributed by atoms with Gasteiger partial charge in [0.05, 0.1) is 6.04 Å². The Labute approximate surface area is 125 Å². The molecule has 1 aromatic heterocycles. The molecule has 1 heterocycles. The van der Waals surface area contributed by atoms with Crippen LogP contribution in [-0.2, 0) is 0 Å². The Kier molecular flexibility index (Phi) is 4.36. The van der Waals surface area contributed by atoms with Gasteiger partial charge in [-0.05, 0) is 51.5 Å².